The molecule has 8 nitrogen and oxygen atoms in total. The van der Waals surface area contributed by atoms with E-state index in [1.165, 1.54) is 11.0 Å². The van der Waals surface area contributed by atoms with Crippen molar-refractivity contribution in [2.75, 3.05) is 18.9 Å². The van der Waals surface area contributed by atoms with E-state index in [1.807, 2.05) is 44.2 Å². The third kappa shape index (κ3) is 3.48. The van der Waals surface area contributed by atoms with Gasteiger partial charge in [-0.15, -0.1) is 4.40 Å². The van der Waals surface area contributed by atoms with Crippen LogP contribution in [0.15, 0.2) is 63.9 Å². The molecule has 0 bridgehead atoms. The molecule has 1 amide bonds. The first-order chi connectivity index (χ1) is 14.3. The van der Waals surface area contributed by atoms with E-state index < -0.39 is 10.0 Å². The summed E-state index contributed by atoms with van der Waals surface area (Å²) in [6.07, 6.45) is 0. The fraction of sp³-hybridized carbons (Fsp3) is 0.190. The third-order valence-corrected chi connectivity index (χ3v) is 6.24. The summed E-state index contributed by atoms with van der Waals surface area (Å²) in [6.45, 7) is 3.66. The van der Waals surface area contributed by atoms with Gasteiger partial charge in [0.1, 0.15) is 4.90 Å². The van der Waals surface area contributed by atoms with Gasteiger partial charge in [-0.3, -0.25) is 4.79 Å². The van der Waals surface area contributed by atoms with Crippen molar-refractivity contribution in [3.63, 3.8) is 0 Å². The first-order valence-corrected chi connectivity index (χ1v) is 10.8. The highest BCUT2D eigenvalue weighted by molar-refractivity contribution is 7.90. The molecule has 4 rings (SSSR count). The Hall–Kier alpha value is -3.46. The van der Waals surface area contributed by atoms with E-state index in [1.54, 1.807) is 29.9 Å². The normalized spacial score (nSPS) is 14.2. The maximum Gasteiger partial charge on any atom is 0.285 e. The summed E-state index contributed by atoms with van der Waals surface area (Å²) in [5, 5.41) is 7.42. The molecule has 30 heavy (non-hydrogen) atoms. The van der Waals surface area contributed by atoms with Gasteiger partial charge in [-0.05, 0) is 38.1 Å². The highest BCUT2D eigenvalue weighted by Gasteiger charge is 2.31. The molecule has 0 unspecified atom stereocenters. The van der Waals surface area contributed by atoms with Crippen molar-refractivity contribution in [3.8, 4) is 5.69 Å². The van der Waals surface area contributed by atoms with Gasteiger partial charge in [0, 0.05) is 12.6 Å². The van der Waals surface area contributed by atoms with Gasteiger partial charge in [-0.25, -0.2) is 4.68 Å². The molecule has 2 aromatic carbocycles. The van der Waals surface area contributed by atoms with Crippen LogP contribution in [0.4, 0.5) is 5.69 Å². The average molecular weight is 423 g/mol. The largest absolute Gasteiger partial charge is 0.349 e. The van der Waals surface area contributed by atoms with Crippen LogP contribution in [0.1, 0.15) is 17.0 Å². The van der Waals surface area contributed by atoms with Gasteiger partial charge in [-0.2, -0.15) is 13.5 Å². The summed E-state index contributed by atoms with van der Waals surface area (Å²) in [6, 6.07) is 16.2. The van der Waals surface area contributed by atoms with Gasteiger partial charge in [-0.1, -0.05) is 30.3 Å². The Morgan fingerprint density at radius 3 is 2.47 bits per heavy atom. The van der Waals surface area contributed by atoms with Crippen LogP contribution in [0.2, 0.25) is 0 Å². The van der Waals surface area contributed by atoms with Crippen molar-refractivity contribution >= 4 is 27.5 Å². The zero-order valence-corrected chi connectivity index (χ0v) is 17.6. The Bertz CT molecular complexity index is 1260. The van der Waals surface area contributed by atoms with Crippen LogP contribution in [0, 0.1) is 13.8 Å². The van der Waals surface area contributed by atoms with E-state index in [9.17, 15) is 13.2 Å². The van der Waals surface area contributed by atoms with Gasteiger partial charge in [0.2, 0.25) is 5.91 Å². The van der Waals surface area contributed by atoms with Crippen LogP contribution in [0.5, 0.6) is 0 Å². The maximum absolute atomic E-state index is 12.7. The number of nitrogens with one attached hydrogen (secondary N) is 1. The topological polar surface area (TPSA) is 96.7 Å². The molecule has 0 atom stereocenters. The number of hydrogen-bond acceptors (Lipinski definition) is 5. The number of hydrogen-bond donors (Lipinski definition) is 1. The number of rotatable bonds is 4. The Morgan fingerprint density at radius 1 is 1.07 bits per heavy atom. The maximum atomic E-state index is 12.7. The molecule has 0 radical (unpaired) electrons. The number of fused-ring (bicyclic) bond motifs is 1. The number of sulfonamides is 1. The third-order valence-electron chi connectivity index (χ3n) is 4.91. The number of carbonyl (C=O) groups excluding carboxylic acids is 1. The molecule has 1 aliphatic rings. The molecule has 3 aromatic rings. The number of carbonyl (C=O) groups is 1. The average Bonchev–Trinajstić information content (AvgIpc) is 3.16. The van der Waals surface area contributed by atoms with E-state index in [4.69, 9.17) is 0 Å². The van der Waals surface area contributed by atoms with Crippen LogP contribution in [0.3, 0.4) is 0 Å². The summed E-state index contributed by atoms with van der Waals surface area (Å²) in [7, 11) is -2.09. The van der Waals surface area contributed by atoms with Crippen LogP contribution >= 0.6 is 0 Å². The lowest BCUT2D eigenvalue weighted by Crippen LogP contribution is -2.35. The molecule has 0 aliphatic carbocycles. The zero-order valence-electron chi connectivity index (χ0n) is 16.8. The Labute approximate surface area is 174 Å². The second-order valence-electron chi connectivity index (χ2n) is 7.08. The molecule has 2 heterocycles. The van der Waals surface area contributed by atoms with Crippen LogP contribution < -0.4 is 5.32 Å². The monoisotopic (exact) mass is 423 g/mol. The van der Waals surface area contributed by atoms with Crippen molar-refractivity contribution in [3.05, 3.63) is 71.5 Å². The van der Waals surface area contributed by atoms with Crippen molar-refractivity contribution < 1.29 is 13.2 Å². The number of anilines is 1. The lowest BCUT2D eigenvalue weighted by molar-refractivity contribution is -0.116. The molecule has 1 N–H and O–H groups in total. The van der Waals surface area contributed by atoms with E-state index in [-0.39, 0.29) is 23.2 Å². The molecule has 0 saturated heterocycles. The number of nitrogens with zero attached hydrogens (tertiary/aromatic N) is 4. The standard InChI is InChI=1S/C21H21N5O3S/c1-14-20(15(2)26(23-14)16-9-5-4-6-10-16)22-19(27)13-25(3)21-17-11-7-8-12-18(17)30(28,29)24-21/h4-12H,13H2,1-3H3,(H,22,27). The Morgan fingerprint density at radius 2 is 1.73 bits per heavy atom. The first kappa shape index (κ1) is 19.8. The quantitative estimate of drug-likeness (QED) is 0.696. The fourth-order valence-electron chi connectivity index (χ4n) is 3.48. The molecule has 0 saturated carbocycles. The molecule has 0 spiro atoms. The van der Waals surface area contributed by atoms with Crippen molar-refractivity contribution in [1.82, 2.24) is 14.7 Å². The van der Waals surface area contributed by atoms with Gasteiger partial charge < -0.3 is 10.2 Å². The van der Waals surface area contributed by atoms with Gasteiger partial charge >= 0.3 is 0 Å². The number of likely N-dealkylation sites (N-methyl/N-ethyl adjacent to an activating group) is 1. The van der Waals surface area contributed by atoms with E-state index in [0.717, 1.165) is 11.4 Å². The smallest absolute Gasteiger partial charge is 0.285 e. The highest BCUT2D eigenvalue weighted by Crippen LogP contribution is 2.27. The van der Waals surface area contributed by atoms with Gasteiger partial charge in [0.05, 0.1) is 29.3 Å². The van der Waals surface area contributed by atoms with Crippen LogP contribution in [0.25, 0.3) is 5.69 Å². The minimum Gasteiger partial charge on any atom is -0.349 e. The zero-order chi connectivity index (χ0) is 21.5. The first-order valence-electron chi connectivity index (χ1n) is 9.35. The second kappa shape index (κ2) is 7.42. The Kier molecular flexibility index (Phi) is 4.90. The minimum absolute atomic E-state index is 0.0575. The number of amides is 1. The van der Waals surface area contributed by atoms with E-state index in [2.05, 4.69) is 14.8 Å². The predicted molar refractivity (Wildman–Crippen MR) is 114 cm³/mol. The van der Waals surface area contributed by atoms with E-state index >= 15 is 0 Å². The van der Waals surface area contributed by atoms with Crippen molar-refractivity contribution in [1.29, 1.82) is 0 Å². The highest BCUT2D eigenvalue weighted by atomic mass is 32.2. The van der Waals surface area contributed by atoms with Gasteiger partial charge in [0.25, 0.3) is 10.0 Å². The molecule has 0 fully saturated rings. The number of aromatic nitrogens is 2. The van der Waals surface area contributed by atoms with Crippen molar-refractivity contribution in [2.45, 2.75) is 18.7 Å². The van der Waals surface area contributed by atoms with E-state index in [0.29, 0.717) is 16.9 Å². The van der Waals surface area contributed by atoms with Gasteiger partial charge in [0.15, 0.2) is 5.84 Å². The summed E-state index contributed by atoms with van der Waals surface area (Å²) >= 11 is 0. The summed E-state index contributed by atoms with van der Waals surface area (Å²) in [5.41, 5.74) is 3.54. The number of para-hydroxylation sites is 1. The van der Waals surface area contributed by atoms with Crippen molar-refractivity contribution in [2.24, 2.45) is 4.40 Å². The van der Waals surface area contributed by atoms with Crippen LogP contribution in [-0.4, -0.2) is 48.4 Å². The molecular weight excluding hydrogens is 402 g/mol. The molecule has 1 aliphatic heterocycles. The van der Waals surface area contributed by atoms with Crippen LogP contribution in [-0.2, 0) is 14.8 Å². The molecule has 9 heteroatoms. The Balaban J connectivity index is 1.53. The number of aryl methyl sites for hydroxylation is 1. The number of amidine groups is 1. The lowest BCUT2D eigenvalue weighted by Gasteiger charge is -2.18. The predicted octanol–water partition coefficient (Wildman–Crippen LogP) is 2.51. The lowest BCUT2D eigenvalue weighted by atomic mass is 10.2. The molecular formula is C21H21N5O3S. The summed E-state index contributed by atoms with van der Waals surface area (Å²) in [5.74, 6) is -0.0324. The minimum atomic E-state index is -3.73. The SMILES string of the molecule is Cc1nn(-c2ccccc2)c(C)c1NC(=O)CN(C)C1=NS(=O)(=O)c2ccccc21. The summed E-state index contributed by atoms with van der Waals surface area (Å²) < 4.78 is 30.1. The fourth-order valence-corrected chi connectivity index (χ4v) is 4.73. The molecule has 154 valence electrons. The second-order valence-corrected chi connectivity index (χ2v) is 8.66. The number of benzene rings is 2. The molecule has 1 aromatic heterocycles. The summed E-state index contributed by atoms with van der Waals surface area (Å²) in [4.78, 5) is 14.4.